The Bertz CT molecular complexity index is 111. The molecule has 0 aromatic rings. The number of carbonyl (C=O) groups is 1. The van der Waals surface area contributed by atoms with Gasteiger partial charge in [0.15, 0.2) is 0 Å². The van der Waals surface area contributed by atoms with E-state index in [0.717, 1.165) is 0 Å². The van der Waals surface area contributed by atoms with Crippen LogP contribution in [0.3, 0.4) is 0 Å². The zero-order chi connectivity index (χ0) is 5.86. The average molecular weight is 161 g/mol. The van der Waals surface area contributed by atoms with Crippen LogP contribution in [-0.4, -0.2) is 11.1 Å². The van der Waals surface area contributed by atoms with Crippen molar-refractivity contribution in [1.29, 1.82) is 0 Å². The molecule has 0 radical (unpaired) electrons. The first kappa shape index (κ1) is 11.7. The number of aliphatic hydroxyl groups excluding tert-OH is 1. The fourth-order valence-corrected chi connectivity index (χ4v) is 0.0527. The van der Waals surface area contributed by atoms with Gasteiger partial charge < -0.3 is 15.0 Å². The molecule has 0 aliphatic heterocycles. The third kappa shape index (κ3) is 5.08. The summed E-state index contributed by atoms with van der Waals surface area (Å²) in [5, 5.41) is 16.6. The molecule has 40 valence electrons. The normalized spacial score (nSPS) is 9.88. The van der Waals surface area contributed by atoms with Crippen LogP contribution in [0, 0.1) is 0 Å². The van der Waals surface area contributed by atoms with Crippen LogP contribution in [0.5, 0.6) is 0 Å². The number of aliphatic hydroxyl groups is 1. The van der Waals surface area contributed by atoms with Gasteiger partial charge in [0, 0.05) is 0 Å². The molecule has 8 heavy (non-hydrogen) atoms. The van der Waals surface area contributed by atoms with E-state index in [4.69, 9.17) is 16.7 Å². The van der Waals surface area contributed by atoms with Crippen molar-refractivity contribution in [3.05, 3.63) is 11.3 Å². The largest absolute Gasteiger partial charge is 1.00 e. The van der Waals surface area contributed by atoms with Crippen molar-refractivity contribution < 1.29 is 66.4 Å². The first-order valence-corrected chi connectivity index (χ1v) is 1.77. The van der Waals surface area contributed by atoms with Gasteiger partial charge in [-0.1, -0.05) is 11.6 Å². The van der Waals surface area contributed by atoms with Gasteiger partial charge in [-0.3, -0.25) is 0 Å². The first-order valence-electron chi connectivity index (χ1n) is 1.39. The molecule has 0 unspecified atom stereocenters. The van der Waals surface area contributed by atoms with E-state index < -0.39 is 11.0 Å². The summed E-state index contributed by atoms with van der Waals surface area (Å²) in [4.78, 5) is 9.46. The van der Waals surface area contributed by atoms with E-state index in [1.807, 2.05) is 0 Å². The maximum atomic E-state index is 9.46. The van der Waals surface area contributed by atoms with Crippen LogP contribution >= 0.6 is 11.6 Å². The summed E-state index contributed by atoms with van der Waals surface area (Å²) < 4.78 is 0. The van der Waals surface area contributed by atoms with Gasteiger partial charge in [-0.05, 0) is 0 Å². The first-order chi connectivity index (χ1) is 3.18. The average Bonchev–Trinajstić information content (AvgIpc) is 1.65. The summed E-state index contributed by atoms with van der Waals surface area (Å²) in [5.74, 6) is -1.58. The van der Waals surface area contributed by atoms with Crippen molar-refractivity contribution in [2.24, 2.45) is 0 Å². The molecule has 3 nitrogen and oxygen atoms in total. The Morgan fingerprint density at radius 3 is 2.12 bits per heavy atom. The number of hydrogen-bond donors (Lipinski definition) is 1. The Hall–Kier alpha value is 0.936. The van der Waals surface area contributed by atoms with Crippen LogP contribution in [-0.2, 0) is 4.79 Å². The van der Waals surface area contributed by atoms with Gasteiger partial charge in [-0.15, -0.1) is 0 Å². The minimum atomic E-state index is -1.58. The summed E-state index contributed by atoms with van der Waals surface area (Å²) in [6.07, 6.45) is 0.261. The number of carboxylic acid groups (broad SMARTS) is 1. The minimum Gasteiger partial charge on any atom is -0.544 e. The molecule has 0 aromatic carbocycles. The molecule has 1 N–H and O–H groups in total. The number of hydrogen-bond acceptors (Lipinski definition) is 3. The van der Waals surface area contributed by atoms with Gasteiger partial charge in [0.05, 0.1) is 17.3 Å². The number of carbonyl (C=O) groups excluding carboxylic acids is 1. The van der Waals surface area contributed by atoms with Gasteiger partial charge >= 0.3 is 51.4 Å². The van der Waals surface area contributed by atoms with Crippen LogP contribution in [0.15, 0.2) is 11.3 Å². The summed E-state index contributed by atoms with van der Waals surface area (Å²) in [5.41, 5.74) is 0. The molecule has 0 aliphatic rings. The van der Waals surface area contributed by atoms with Crippen molar-refractivity contribution in [2.75, 3.05) is 0 Å². The molecular formula is C3H2ClKO3. The van der Waals surface area contributed by atoms with Crippen molar-refractivity contribution in [1.82, 2.24) is 0 Å². The second-order valence-corrected chi connectivity index (χ2v) is 1.17. The molecule has 0 rings (SSSR count). The van der Waals surface area contributed by atoms with E-state index in [-0.39, 0.29) is 57.6 Å². The molecule has 0 heterocycles. The van der Waals surface area contributed by atoms with Gasteiger partial charge in [-0.25, -0.2) is 0 Å². The minimum absolute atomic E-state index is 0. The fraction of sp³-hybridized carbons (Fsp3) is 0. The van der Waals surface area contributed by atoms with E-state index >= 15 is 0 Å². The SMILES string of the molecule is O=C([O-])C(Cl)=CO.[K+]. The monoisotopic (exact) mass is 160 g/mol. The number of aliphatic carboxylic acids is 1. The Balaban J connectivity index is 0. The van der Waals surface area contributed by atoms with E-state index in [1.54, 1.807) is 0 Å². The Morgan fingerprint density at radius 2 is 2.12 bits per heavy atom. The third-order valence-electron chi connectivity index (χ3n) is 0.308. The Morgan fingerprint density at radius 1 is 1.75 bits per heavy atom. The van der Waals surface area contributed by atoms with Crippen LogP contribution < -0.4 is 56.5 Å². The summed E-state index contributed by atoms with van der Waals surface area (Å²) in [6.45, 7) is 0. The molecule has 0 atom stereocenters. The Kier molecular flexibility index (Phi) is 8.87. The predicted molar refractivity (Wildman–Crippen MR) is 21.6 cm³/mol. The second kappa shape index (κ2) is 6.06. The fourth-order valence-electron chi connectivity index (χ4n) is 0.0527. The van der Waals surface area contributed by atoms with Crippen molar-refractivity contribution in [3.8, 4) is 0 Å². The zero-order valence-corrected chi connectivity index (χ0v) is 8.10. The topological polar surface area (TPSA) is 60.4 Å². The van der Waals surface area contributed by atoms with Crippen LogP contribution in [0.1, 0.15) is 0 Å². The van der Waals surface area contributed by atoms with Crippen LogP contribution in [0.4, 0.5) is 0 Å². The van der Waals surface area contributed by atoms with Gasteiger partial charge in [0.2, 0.25) is 0 Å². The molecule has 0 aliphatic carbocycles. The molecule has 5 heteroatoms. The van der Waals surface area contributed by atoms with Crippen molar-refractivity contribution in [3.63, 3.8) is 0 Å². The predicted octanol–water partition coefficient (Wildman–Crippen LogP) is -3.62. The molecule has 0 bridgehead atoms. The summed E-state index contributed by atoms with van der Waals surface area (Å²) >= 11 is 4.75. The smallest absolute Gasteiger partial charge is 0.544 e. The second-order valence-electron chi connectivity index (χ2n) is 0.764. The molecule has 0 amide bonds. The van der Waals surface area contributed by atoms with Gasteiger partial charge in [0.1, 0.15) is 0 Å². The third-order valence-corrected chi connectivity index (χ3v) is 0.560. The molecule has 0 fully saturated rings. The quantitative estimate of drug-likeness (QED) is 0.245. The van der Waals surface area contributed by atoms with E-state index in [1.165, 1.54) is 0 Å². The van der Waals surface area contributed by atoms with E-state index in [9.17, 15) is 9.90 Å². The van der Waals surface area contributed by atoms with Gasteiger partial charge in [-0.2, -0.15) is 0 Å². The molecule has 0 saturated carbocycles. The standard InChI is InChI=1S/C3H3ClO3.K/c4-2(1-5)3(6)7;/h1,5H,(H,6,7);/q;+1/p-1. The van der Waals surface area contributed by atoms with E-state index in [0.29, 0.717) is 0 Å². The van der Waals surface area contributed by atoms with E-state index in [2.05, 4.69) is 0 Å². The van der Waals surface area contributed by atoms with Crippen molar-refractivity contribution >= 4 is 17.6 Å². The van der Waals surface area contributed by atoms with Crippen LogP contribution in [0.25, 0.3) is 0 Å². The van der Waals surface area contributed by atoms with Crippen LogP contribution in [0.2, 0.25) is 0 Å². The summed E-state index contributed by atoms with van der Waals surface area (Å²) in [6, 6.07) is 0. The zero-order valence-electron chi connectivity index (χ0n) is 4.22. The summed E-state index contributed by atoms with van der Waals surface area (Å²) in [7, 11) is 0. The van der Waals surface area contributed by atoms with Crippen molar-refractivity contribution in [2.45, 2.75) is 0 Å². The maximum Gasteiger partial charge on any atom is 1.00 e. The Labute approximate surface area is 93.8 Å². The molecular weight excluding hydrogens is 159 g/mol. The molecule has 0 aromatic heterocycles. The molecule has 0 spiro atoms. The number of carboxylic acids is 1. The number of halogens is 1. The van der Waals surface area contributed by atoms with Gasteiger partial charge in [0.25, 0.3) is 0 Å². The number of rotatable bonds is 1. The molecule has 0 saturated heterocycles. The maximum absolute atomic E-state index is 9.46.